The maximum absolute atomic E-state index is 13.6. The first-order chi connectivity index (χ1) is 15.3. The Balaban J connectivity index is 1.50. The van der Waals surface area contributed by atoms with Crippen molar-refractivity contribution in [1.82, 2.24) is 5.32 Å². The molecule has 3 aromatic carbocycles. The molecule has 0 spiro atoms. The van der Waals surface area contributed by atoms with Gasteiger partial charge in [0.15, 0.2) is 17.4 Å². The third kappa shape index (κ3) is 4.06. The zero-order chi connectivity index (χ0) is 22.9. The van der Waals surface area contributed by atoms with Gasteiger partial charge in [-0.3, -0.25) is 4.79 Å². The summed E-state index contributed by atoms with van der Waals surface area (Å²) in [4.78, 5) is 11.7. The zero-order valence-corrected chi connectivity index (χ0v) is 17.6. The molecule has 4 rings (SSSR count). The SMILES string of the molecule is COc1cc(F)c(F)cc1S(=O)(=O)c1ccc(CNC(=O)c2cc3ccccc3o2)cc1. The summed E-state index contributed by atoms with van der Waals surface area (Å²) in [6.07, 6.45) is 0. The summed E-state index contributed by atoms with van der Waals surface area (Å²) in [6, 6.07) is 15.8. The lowest BCUT2D eigenvalue weighted by molar-refractivity contribution is 0.0925. The number of hydrogen-bond donors (Lipinski definition) is 1. The normalized spacial score (nSPS) is 11.5. The number of sulfone groups is 1. The molecule has 4 aromatic rings. The van der Waals surface area contributed by atoms with Crippen LogP contribution in [0.15, 0.2) is 80.9 Å². The van der Waals surface area contributed by atoms with Crippen LogP contribution in [0.25, 0.3) is 11.0 Å². The largest absolute Gasteiger partial charge is 0.495 e. The Morgan fingerprint density at radius 2 is 1.69 bits per heavy atom. The van der Waals surface area contributed by atoms with Crippen LogP contribution >= 0.6 is 0 Å². The molecule has 0 fully saturated rings. The van der Waals surface area contributed by atoms with Gasteiger partial charge in [0, 0.05) is 18.0 Å². The smallest absolute Gasteiger partial charge is 0.287 e. The average molecular weight is 457 g/mol. The van der Waals surface area contributed by atoms with Gasteiger partial charge in [0.25, 0.3) is 5.91 Å². The molecule has 0 atom stereocenters. The number of carbonyl (C=O) groups is 1. The van der Waals surface area contributed by atoms with Crippen molar-refractivity contribution in [2.75, 3.05) is 7.11 Å². The van der Waals surface area contributed by atoms with Gasteiger partial charge in [-0.15, -0.1) is 0 Å². The zero-order valence-electron chi connectivity index (χ0n) is 16.8. The molecular weight excluding hydrogens is 440 g/mol. The fraction of sp³-hybridized carbons (Fsp3) is 0.0870. The van der Waals surface area contributed by atoms with Gasteiger partial charge in [0.1, 0.15) is 16.2 Å². The summed E-state index contributed by atoms with van der Waals surface area (Å²) in [7, 11) is -2.99. The van der Waals surface area contributed by atoms with Crippen molar-refractivity contribution in [3.05, 3.63) is 89.7 Å². The second-order valence-corrected chi connectivity index (χ2v) is 8.81. The first-order valence-electron chi connectivity index (χ1n) is 9.43. The molecule has 0 aliphatic heterocycles. The number of amides is 1. The summed E-state index contributed by atoms with van der Waals surface area (Å²) in [6.45, 7) is 0.130. The van der Waals surface area contributed by atoms with Crippen molar-refractivity contribution in [3.8, 4) is 5.75 Å². The lowest BCUT2D eigenvalue weighted by Gasteiger charge is -2.11. The third-order valence-electron chi connectivity index (χ3n) is 4.83. The molecule has 1 heterocycles. The van der Waals surface area contributed by atoms with E-state index >= 15 is 0 Å². The summed E-state index contributed by atoms with van der Waals surface area (Å²) in [5.74, 6) is -3.06. The molecule has 0 aliphatic carbocycles. The Labute approximate surface area is 182 Å². The highest BCUT2D eigenvalue weighted by Crippen LogP contribution is 2.31. The van der Waals surface area contributed by atoms with Gasteiger partial charge >= 0.3 is 0 Å². The van der Waals surface area contributed by atoms with Gasteiger partial charge < -0.3 is 14.5 Å². The minimum atomic E-state index is -4.16. The van der Waals surface area contributed by atoms with Gasteiger partial charge in [0.05, 0.1) is 12.0 Å². The number of methoxy groups -OCH3 is 1. The van der Waals surface area contributed by atoms with E-state index in [4.69, 9.17) is 9.15 Å². The minimum Gasteiger partial charge on any atom is -0.495 e. The topological polar surface area (TPSA) is 85.6 Å². The number of halogens is 2. The maximum Gasteiger partial charge on any atom is 0.287 e. The standard InChI is InChI=1S/C23H17F2NO5S/c1-30-20-11-17(24)18(25)12-22(20)32(28,29)16-8-6-14(7-9-16)13-26-23(27)21-10-15-4-2-3-5-19(15)31-21/h2-12H,13H2,1H3,(H,26,27). The van der Waals surface area contributed by atoms with Crippen molar-refractivity contribution < 1.29 is 31.1 Å². The number of ether oxygens (including phenoxy) is 1. The van der Waals surface area contributed by atoms with Crippen LogP contribution in [0.2, 0.25) is 0 Å². The molecule has 0 radical (unpaired) electrons. The molecular formula is C23H17F2NO5S. The summed E-state index contributed by atoms with van der Waals surface area (Å²) in [5.41, 5.74) is 1.23. The second-order valence-electron chi connectivity index (χ2n) is 6.90. The van der Waals surface area contributed by atoms with Gasteiger partial charge in [-0.25, -0.2) is 17.2 Å². The first kappa shape index (κ1) is 21.5. The molecule has 9 heteroatoms. The number of para-hydroxylation sites is 1. The van der Waals surface area contributed by atoms with E-state index in [1.54, 1.807) is 18.2 Å². The van der Waals surface area contributed by atoms with E-state index in [2.05, 4.69) is 5.32 Å². The molecule has 0 aliphatic rings. The molecule has 32 heavy (non-hydrogen) atoms. The third-order valence-corrected chi connectivity index (χ3v) is 6.62. The number of hydrogen-bond acceptors (Lipinski definition) is 5. The molecule has 1 N–H and O–H groups in total. The Bertz CT molecular complexity index is 1380. The highest BCUT2D eigenvalue weighted by atomic mass is 32.2. The van der Waals surface area contributed by atoms with E-state index < -0.39 is 32.3 Å². The van der Waals surface area contributed by atoms with Crippen LogP contribution in [-0.4, -0.2) is 21.4 Å². The number of furan rings is 1. The quantitative estimate of drug-likeness (QED) is 0.432. The summed E-state index contributed by atoms with van der Waals surface area (Å²) >= 11 is 0. The number of nitrogens with one attached hydrogen (secondary N) is 1. The van der Waals surface area contributed by atoms with E-state index in [9.17, 15) is 22.0 Å². The van der Waals surface area contributed by atoms with Crippen molar-refractivity contribution in [1.29, 1.82) is 0 Å². The van der Waals surface area contributed by atoms with Crippen LogP contribution in [0.3, 0.4) is 0 Å². The van der Waals surface area contributed by atoms with Crippen LogP contribution in [0.5, 0.6) is 5.75 Å². The molecule has 0 unspecified atom stereocenters. The van der Waals surface area contributed by atoms with Crippen molar-refractivity contribution in [3.63, 3.8) is 0 Å². The summed E-state index contributed by atoms with van der Waals surface area (Å²) < 4.78 is 63.2. The van der Waals surface area contributed by atoms with E-state index in [1.165, 1.54) is 31.4 Å². The minimum absolute atomic E-state index is 0.130. The Morgan fingerprint density at radius 1 is 1.00 bits per heavy atom. The van der Waals surface area contributed by atoms with E-state index in [1.807, 2.05) is 12.1 Å². The predicted molar refractivity (Wildman–Crippen MR) is 112 cm³/mol. The van der Waals surface area contributed by atoms with Crippen LogP contribution in [-0.2, 0) is 16.4 Å². The maximum atomic E-state index is 13.6. The molecule has 164 valence electrons. The number of rotatable bonds is 6. The molecule has 1 aromatic heterocycles. The highest BCUT2D eigenvalue weighted by molar-refractivity contribution is 7.91. The highest BCUT2D eigenvalue weighted by Gasteiger charge is 2.25. The van der Waals surface area contributed by atoms with Crippen LogP contribution < -0.4 is 10.1 Å². The first-order valence-corrected chi connectivity index (χ1v) is 10.9. The summed E-state index contributed by atoms with van der Waals surface area (Å²) in [5, 5.41) is 3.51. The second kappa shape index (κ2) is 8.43. The Hall–Kier alpha value is -3.72. The average Bonchev–Trinajstić information content (AvgIpc) is 3.23. The fourth-order valence-corrected chi connectivity index (χ4v) is 4.57. The predicted octanol–water partition coefficient (Wildman–Crippen LogP) is 4.48. The van der Waals surface area contributed by atoms with Crippen LogP contribution in [0.4, 0.5) is 8.78 Å². The molecule has 1 amide bonds. The lowest BCUT2D eigenvalue weighted by atomic mass is 10.2. The lowest BCUT2D eigenvalue weighted by Crippen LogP contribution is -2.22. The van der Waals surface area contributed by atoms with Crippen molar-refractivity contribution >= 4 is 26.7 Å². The van der Waals surface area contributed by atoms with Crippen molar-refractivity contribution in [2.24, 2.45) is 0 Å². The number of carbonyl (C=O) groups excluding carboxylic acids is 1. The van der Waals surface area contributed by atoms with Crippen LogP contribution in [0.1, 0.15) is 16.1 Å². The van der Waals surface area contributed by atoms with Crippen molar-refractivity contribution in [2.45, 2.75) is 16.3 Å². The number of benzene rings is 3. The van der Waals surface area contributed by atoms with E-state index in [0.717, 1.165) is 5.39 Å². The van der Waals surface area contributed by atoms with Gasteiger partial charge in [-0.1, -0.05) is 30.3 Å². The van der Waals surface area contributed by atoms with E-state index in [-0.39, 0.29) is 22.9 Å². The van der Waals surface area contributed by atoms with Gasteiger partial charge in [-0.2, -0.15) is 0 Å². The monoisotopic (exact) mass is 457 g/mol. The van der Waals surface area contributed by atoms with Crippen LogP contribution in [0, 0.1) is 11.6 Å². The van der Waals surface area contributed by atoms with E-state index in [0.29, 0.717) is 23.3 Å². The Morgan fingerprint density at radius 3 is 2.38 bits per heavy atom. The van der Waals surface area contributed by atoms with Gasteiger partial charge in [-0.05, 0) is 35.9 Å². The van der Waals surface area contributed by atoms with Gasteiger partial charge in [0.2, 0.25) is 9.84 Å². The molecule has 0 saturated heterocycles. The molecule has 0 saturated carbocycles. The molecule has 0 bridgehead atoms. The number of fused-ring (bicyclic) bond motifs is 1. The molecule has 6 nitrogen and oxygen atoms in total. The Kier molecular flexibility index (Phi) is 5.67. The fourth-order valence-electron chi connectivity index (χ4n) is 3.16.